The fourth-order valence-corrected chi connectivity index (χ4v) is 3.88. The molecule has 0 radical (unpaired) electrons. The number of aromatic nitrogens is 4. The second-order valence-corrected chi connectivity index (χ2v) is 7.70. The highest BCUT2D eigenvalue weighted by atomic mass is 79.9. The second kappa shape index (κ2) is 8.14. The summed E-state index contributed by atoms with van der Waals surface area (Å²) < 4.78 is 6.84. The van der Waals surface area contributed by atoms with E-state index in [4.69, 9.17) is 4.42 Å². The third-order valence-corrected chi connectivity index (χ3v) is 5.19. The molecule has 0 aliphatic carbocycles. The van der Waals surface area contributed by atoms with Crippen LogP contribution in [0.2, 0.25) is 0 Å². The van der Waals surface area contributed by atoms with Crippen LogP contribution in [0.5, 0.6) is 0 Å². The van der Waals surface area contributed by atoms with E-state index in [2.05, 4.69) is 53.2 Å². The topological polar surface area (TPSA) is 71.2 Å². The monoisotopic (exact) mass is 428 g/mol. The van der Waals surface area contributed by atoms with E-state index in [-0.39, 0.29) is 0 Å². The van der Waals surface area contributed by atoms with Crippen molar-refractivity contribution in [3.8, 4) is 11.5 Å². The van der Waals surface area contributed by atoms with Gasteiger partial charge in [0.15, 0.2) is 5.82 Å². The third kappa shape index (κ3) is 4.33. The van der Waals surface area contributed by atoms with Gasteiger partial charge in [-0.3, -0.25) is 4.90 Å². The van der Waals surface area contributed by atoms with Crippen molar-refractivity contribution in [1.82, 2.24) is 25.3 Å². The van der Waals surface area contributed by atoms with Crippen LogP contribution in [-0.2, 0) is 6.54 Å². The van der Waals surface area contributed by atoms with Crippen LogP contribution in [0.3, 0.4) is 0 Å². The summed E-state index contributed by atoms with van der Waals surface area (Å²) in [4.78, 5) is 4.56. The average molecular weight is 429 g/mol. The quantitative estimate of drug-likeness (QED) is 0.595. The Balaban J connectivity index is 1.39. The van der Waals surface area contributed by atoms with Crippen LogP contribution in [0.4, 0.5) is 5.82 Å². The zero-order valence-corrected chi connectivity index (χ0v) is 16.7. The minimum atomic E-state index is 0.416. The molecule has 2 aromatic heterocycles. The van der Waals surface area contributed by atoms with Crippen molar-refractivity contribution < 1.29 is 4.42 Å². The lowest BCUT2D eigenvalue weighted by atomic mass is 10.2. The predicted molar refractivity (Wildman–Crippen MR) is 106 cm³/mol. The molecule has 0 amide bonds. The minimum Gasteiger partial charge on any atom is -0.419 e. The number of hydrogen-bond donors (Lipinski definition) is 0. The van der Waals surface area contributed by atoms with E-state index in [0.29, 0.717) is 24.4 Å². The maximum Gasteiger partial charge on any atom is 0.247 e. The van der Waals surface area contributed by atoms with Crippen LogP contribution in [0.25, 0.3) is 11.5 Å². The van der Waals surface area contributed by atoms with Crippen LogP contribution >= 0.6 is 15.9 Å². The molecule has 1 aromatic carbocycles. The summed E-state index contributed by atoms with van der Waals surface area (Å²) in [5.41, 5.74) is 0.912. The summed E-state index contributed by atoms with van der Waals surface area (Å²) in [6, 6.07) is 12.2. The summed E-state index contributed by atoms with van der Waals surface area (Å²) in [7, 11) is 2.08. The molecule has 1 aliphatic heterocycles. The first-order valence-electron chi connectivity index (χ1n) is 9.00. The van der Waals surface area contributed by atoms with E-state index < -0.39 is 0 Å². The van der Waals surface area contributed by atoms with Crippen LogP contribution in [0.1, 0.15) is 18.7 Å². The van der Waals surface area contributed by atoms with Gasteiger partial charge in [0.25, 0.3) is 0 Å². The molecular weight excluding hydrogens is 408 g/mol. The molecule has 1 aliphatic rings. The highest BCUT2D eigenvalue weighted by Gasteiger charge is 2.27. The van der Waals surface area contributed by atoms with Crippen LogP contribution in [0.15, 0.2) is 51.5 Å². The molecular formula is C19H21BrN6O. The van der Waals surface area contributed by atoms with Gasteiger partial charge in [0.05, 0.1) is 6.54 Å². The third-order valence-electron chi connectivity index (χ3n) is 4.70. The van der Waals surface area contributed by atoms with E-state index >= 15 is 0 Å². The molecule has 4 rings (SSSR count). The fraction of sp³-hybridized carbons (Fsp3) is 0.368. The van der Waals surface area contributed by atoms with Gasteiger partial charge < -0.3 is 9.32 Å². The van der Waals surface area contributed by atoms with Gasteiger partial charge in [0.2, 0.25) is 11.8 Å². The number of rotatable bonds is 6. The summed E-state index contributed by atoms with van der Waals surface area (Å²) in [6.07, 6.45) is 4.02. The van der Waals surface area contributed by atoms with Crippen molar-refractivity contribution in [2.75, 3.05) is 25.0 Å². The zero-order chi connectivity index (χ0) is 18.6. The molecule has 1 unspecified atom stereocenters. The molecule has 3 heterocycles. The standard InChI is InChI=1S/C19H21BrN6O/c1-25(12-16-7-4-10-26(16)17-8-3-9-21-22-17)13-18-23-24-19(27-18)14-5-2-6-15(20)11-14/h2-3,5-6,8-9,11,16H,4,7,10,12-13H2,1H3. The Morgan fingerprint density at radius 2 is 2.15 bits per heavy atom. The molecule has 140 valence electrons. The first-order chi connectivity index (χ1) is 13.2. The van der Waals surface area contributed by atoms with Crippen molar-refractivity contribution in [2.24, 2.45) is 0 Å². The number of anilines is 1. The Kier molecular flexibility index (Phi) is 5.45. The smallest absolute Gasteiger partial charge is 0.247 e. The number of nitrogens with zero attached hydrogens (tertiary/aromatic N) is 6. The second-order valence-electron chi connectivity index (χ2n) is 6.78. The first kappa shape index (κ1) is 18.1. The highest BCUT2D eigenvalue weighted by molar-refractivity contribution is 9.10. The lowest BCUT2D eigenvalue weighted by Crippen LogP contribution is -2.39. The molecule has 1 fully saturated rings. The lowest BCUT2D eigenvalue weighted by Gasteiger charge is -2.28. The normalized spacial score (nSPS) is 17.0. The van der Waals surface area contributed by atoms with Gasteiger partial charge in [0, 0.05) is 35.4 Å². The molecule has 0 N–H and O–H groups in total. The molecule has 1 atom stereocenters. The summed E-state index contributed by atoms with van der Waals surface area (Å²) in [6.45, 7) is 2.54. The maximum atomic E-state index is 5.85. The van der Waals surface area contributed by atoms with Crippen molar-refractivity contribution in [2.45, 2.75) is 25.4 Å². The summed E-state index contributed by atoms with van der Waals surface area (Å²) >= 11 is 3.47. The Hall–Kier alpha value is -2.32. The highest BCUT2D eigenvalue weighted by Crippen LogP contribution is 2.25. The van der Waals surface area contributed by atoms with Crippen LogP contribution in [0, 0.1) is 0 Å². The van der Waals surface area contributed by atoms with E-state index in [1.807, 2.05) is 36.4 Å². The molecule has 0 spiro atoms. The zero-order valence-electron chi connectivity index (χ0n) is 15.1. The first-order valence-corrected chi connectivity index (χ1v) is 9.79. The number of halogens is 1. The van der Waals surface area contributed by atoms with Gasteiger partial charge >= 0.3 is 0 Å². The van der Waals surface area contributed by atoms with E-state index in [1.165, 1.54) is 6.42 Å². The Labute approximate surface area is 166 Å². The fourth-order valence-electron chi connectivity index (χ4n) is 3.48. The van der Waals surface area contributed by atoms with Crippen molar-refractivity contribution >= 4 is 21.7 Å². The van der Waals surface area contributed by atoms with Gasteiger partial charge in [-0.25, -0.2) is 0 Å². The summed E-state index contributed by atoms with van der Waals surface area (Å²) in [5.74, 6) is 2.11. The lowest BCUT2D eigenvalue weighted by molar-refractivity contribution is 0.272. The Morgan fingerprint density at radius 3 is 2.96 bits per heavy atom. The SMILES string of the molecule is CN(Cc1nnc(-c2cccc(Br)c2)o1)CC1CCCN1c1cccnn1. The van der Waals surface area contributed by atoms with Gasteiger partial charge in [-0.05, 0) is 50.2 Å². The van der Waals surface area contributed by atoms with E-state index in [9.17, 15) is 0 Å². The van der Waals surface area contributed by atoms with Crippen molar-refractivity contribution in [1.29, 1.82) is 0 Å². The van der Waals surface area contributed by atoms with E-state index in [1.54, 1.807) is 6.20 Å². The van der Waals surface area contributed by atoms with Crippen molar-refractivity contribution in [3.63, 3.8) is 0 Å². The van der Waals surface area contributed by atoms with Crippen molar-refractivity contribution in [3.05, 3.63) is 53.0 Å². The molecule has 7 nitrogen and oxygen atoms in total. The van der Waals surface area contributed by atoms with E-state index in [0.717, 1.165) is 35.4 Å². The summed E-state index contributed by atoms with van der Waals surface area (Å²) in [5, 5.41) is 16.7. The Morgan fingerprint density at radius 1 is 1.22 bits per heavy atom. The number of likely N-dealkylation sites (N-methyl/N-ethyl adjacent to an activating group) is 1. The van der Waals surface area contributed by atoms with Gasteiger partial charge in [-0.1, -0.05) is 22.0 Å². The molecule has 1 saturated heterocycles. The average Bonchev–Trinajstić information content (AvgIpc) is 3.32. The van der Waals surface area contributed by atoms with Gasteiger partial charge in [0.1, 0.15) is 0 Å². The molecule has 0 saturated carbocycles. The molecule has 27 heavy (non-hydrogen) atoms. The van der Waals surface area contributed by atoms with Crippen LogP contribution in [-0.4, -0.2) is 51.5 Å². The van der Waals surface area contributed by atoms with Gasteiger partial charge in [-0.15, -0.1) is 15.3 Å². The predicted octanol–water partition coefficient (Wildman–Crippen LogP) is 3.39. The largest absolute Gasteiger partial charge is 0.419 e. The minimum absolute atomic E-state index is 0.416. The maximum absolute atomic E-state index is 5.85. The molecule has 3 aromatic rings. The van der Waals surface area contributed by atoms with Crippen LogP contribution < -0.4 is 4.90 Å². The molecule has 8 heteroatoms. The van der Waals surface area contributed by atoms with Gasteiger partial charge in [-0.2, -0.15) is 5.10 Å². The molecule has 0 bridgehead atoms. The Bertz CT molecular complexity index is 887. The number of hydrogen-bond acceptors (Lipinski definition) is 7. The number of benzene rings is 1.